The van der Waals surface area contributed by atoms with Crippen LogP contribution in [0.15, 0.2) is 23.0 Å². The number of hydrogen-bond donors (Lipinski definition) is 4. The number of nitrogens with zero attached hydrogens (tertiary/aromatic N) is 2. The van der Waals surface area contributed by atoms with E-state index >= 15 is 0 Å². The first-order valence-electron chi connectivity index (χ1n) is 5.64. The Kier molecular flexibility index (Phi) is 3.45. The second kappa shape index (κ2) is 5.04. The summed E-state index contributed by atoms with van der Waals surface area (Å²) in [6.45, 7) is 2.25. The first-order chi connectivity index (χ1) is 9.12. The van der Waals surface area contributed by atoms with Gasteiger partial charge in [0.25, 0.3) is 11.5 Å². The fourth-order valence-electron chi connectivity index (χ4n) is 1.85. The molecule has 0 aliphatic carbocycles. The van der Waals surface area contributed by atoms with Crippen molar-refractivity contribution in [3.05, 3.63) is 34.1 Å². The molecule has 0 spiro atoms. The summed E-state index contributed by atoms with van der Waals surface area (Å²) in [5.41, 5.74) is 4.87. The molecule has 8 nitrogen and oxygen atoms in total. The summed E-state index contributed by atoms with van der Waals surface area (Å²) >= 11 is 0. The van der Waals surface area contributed by atoms with Crippen molar-refractivity contribution in [1.82, 2.24) is 15.0 Å². The Balaban J connectivity index is 2.74. The maximum atomic E-state index is 12.2. The summed E-state index contributed by atoms with van der Waals surface area (Å²) in [6.07, 6.45) is 0. The zero-order chi connectivity index (χ0) is 14.0. The lowest BCUT2D eigenvalue weighted by Gasteiger charge is -2.10. The average Bonchev–Trinajstić information content (AvgIpc) is 2.45. The molecule has 0 unspecified atom stereocenters. The van der Waals surface area contributed by atoms with Gasteiger partial charge in [-0.25, -0.2) is 16.7 Å². The van der Waals surface area contributed by atoms with Gasteiger partial charge < -0.3 is 0 Å². The van der Waals surface area contributed by atoms with Crippen LogP contribution >= 0.6 is 0 Å². The molecule has 2 rings (SSSR count). The number of carbonyl (C=O) groups excluding carboxylic acids is 1. The van der Waals surface area contributed by atoms with E-state index in [0.717, 1.165) is 0 Å². The van der Waals surface area contributed by atoms with Gasteiger partial charge in [-0.3, -0.25) is 25.0 Å². The number of nitrogens with two attached hydrogens (primary N) is 2. The largest absolute Gasteiger partial charge is 0.294 e. The molecular weight excluding hydrogens is 248 g/mol. The molecule has 1 aromatic carbocycles. The Labute approximate surface area is 108 Å². The third-order valence-electron chi connectivity index (χ3n) is 2.79. The van der Waals surface area contributed by atoms with Crippen LogP contribution in [0.1, 0.15) is 17.3 Å². The molecule has 0 atom stereocenters. The first kappa shape index (κ1) is 13.0. The van der Waals surface area contributed by atoms with Gasteiger partial charge in [-0.05, 0) is 25.1 Å². The number of benzene rings is 1. The second-order valence-corrected chi connectivity index (χ2v) is 3.83. The van der Waals surface area contributed by atoms with Crippen molar-refractivity contribution in [2.45, 2.75) is 13.5 Å². The molecule has 8 heteroatoms. The lowest BCUT2D eigenvalue weighted by Crippen LogP contribution is -2.30. The molecule has 0 bridgehead atoms. The Morgan fingerprint density at radius 2 is 2.16 bits per heavy atom. The van der Waals surface area contributed by atoms with Gasteiger partial charge in [-0.2, -0.15) is 0 Å². The van der Waals surface area contributed by atoms with Crippen LogP contribution in [0.4, 0.5) is 5.95 Å². The molecule has 1 aromatic heterocycles. The number of rotatable bonds is 3. The van der Waals surface area contributed by atoms with Crippen molar-refractivity contribution < 1.29 is 4.79 Å². The van der Waals surface area contributed by atoms with Crippen LogP contribution in [0.25, 0.3) is 10.9 Å². The van der Waals surface area contributed by atoms with Gasteiger partial charge in [0.05, 0.1) is 10.9 Å². The van der Waals surface area contributed by atoms with E-state index in [4.69, 9.17) is 11.7 Å². The van der Waals surface area contributed by atoms with Gasteiger partial charge in [0.2, 0.25) is 5.95 Å². The maximum Gasteiger partial charge on any atom is 0.265 e. The van der Waals surface area contributed by atoms with Crippen LogP contribution in [0, 0.1) is 0 Å². The molecule has 100 valence electrons. The van der Waals surface area contributed by atoms with Crippen LogP contribution in [0.5, 0.6) is 0 Å². The normalized spacial score (nSPS) is 10.5. The minimum atomic E-state index is -0.453. The lowest BCUT2D eigenvalue weighted by molar-refractivity contribution is 0.0954. The highest BCUT2D eigenvalue weighted by molar-refractivity contribution is 5.97. The average molecular weight is 262 g/mol. The first-order valence-corrected chi connectivity index (χ1v) is 5.64. The Bertz CT molecular complexity index is 693. The zero-order valence-electron chi connectivity index (χ0n) is 10.3. The Morgan fingerprint density at radius 1 is 1.42 bits per heavy atom. The summed E-state index contributed by atoms with van der Waals surface area (Å²) in [5.74, 6) is 10.2. The quantitative estimate of drug-likeness (QED) is 0.329. The minimum Gasteiger partial charge on any atom is -0.294 e. The monoisotopic (exact) mass is 262 g/mol. The topological polar surface area (TPSA) is 128 Å². The molecule has 0 fully saturated rings. The zero-order valence-corrected chi connectivity index (χ0v) is 10.3. The molecule has 2 aromatic rings. The predicted octanol–water partition coefficient (Wildman–Crippen LogP) is -0.694. The minimum absolute atomic E-state index is 0.222. The van der Waals surface area contributed by atoms with Gasteiger partial charge in [-0.1, -0.05) is 0 Å². The SMILES string of the molecule is CCn1c(NN)nc2cc(C(=O)NN)ccc2c1=O. The highest BCUT2D eigenvalue weighted by Crippen LogP contribution is 2.13. The molecule has 1 heterocycles. The number of fused-ring (bicyclic) bond motifs is 1. The molecule has 0 aliphatic heterocycles. The summed E-state index contributed by atoms with van der Waals surface area (Å²) in [4.78, 5) is 27.8. The standard InChI is InChI=1S/C11H14N6O2/c1-2-17-10(19)7-4-3-6(9(18)15-12)5-8(7)14-11(17)16-13/h3-5H,2,12-13H2,1H3,(H,14,16)(H,15,18). The number of anilines is 1. The summed E-state index contributed by atoms with van der Waals surface area (Å²) < 4.78 is 1.41. The number of hydrogen-bond acceptors (Lipinski definition) is 6. The number of nitrogens with one attached hydrogen (secondary N) is 2. The van der Waals surface area contributed by atoms with Crippen molar-refractivity contribution in [2.75, 3.05) is 5.43 Å². The van der Waals surface area contributed by atoms with Crippen LogP contribution < -0.4 is 28.1 Å². The van der Waals surface area contributed by atoms with Gasteiger partial charge >= 0.3 is 0 Å². The number of carbonyl (C=O) groups is 1. The molecular formula is C11H14N6O2. The number of nitrogen functional groups attached to an aromatic ring is 2. The van der Waals surface area contributed by atoms with Gasteiger partial charge in [0, 0.05) is 12.1 Å². The summed E-state index contributed by atoms with van der Waals surface area (Å²) in [6, 6.07) is 4.55. The van der Waals surface area contributed by atoms with Crippen LogP contribution in [-0.4, -0.2) is 15.5 Å². The van der Waals surface area contributed by atoms with E-state index < -0.39 is 5.91 Å². The van der Waals surface area contributed by atoms with E-state index in [9.17, 15) is 9.59 Å². The van der Waals surface area contributed by atoms with E-state index in [0.29, 0.717) is 23.0 Å². The van der Waals surface area contributed by atoms with Crippen molar-refractivity contribution in [3.8, 4) is 0 Å². The van der Waals surface area contributed by atoms with E-state index in [-0.39, 0.29) is 11.5 Å². The van der Waals surface area contributed by atoms with Crippen LogP contribution in [0.3, 0.4) is 0 Å². The van der Waals surface area contributed by atoms with Crippen molar-refractivity contribution in [2.24, 2.45) is 11.7 Å². The van der Waals surface area contributed by atoms with Crippen LogP contribution in [0.2, 0.25) is 0 Å². The molecule has 0 saturated heterocycles. The summed E-state index contributed by atoms with van der Waals surface area (Å²) in [7, 11) is 0. The smallest absolute Gasteiger partial charge is 0.265 e. The third kappa shape index (κ3) is 2.14. The second-order valence-electron chi connectivity index (χ2n) is 3.83. The van der Waals surface area contributed by atoms with Crippen molar-refractivity contribution in [1.29, 1.82) is 0 Å². The molecule has 1 amide bonds. The van der Waals surface area contributed by atoms with Gasteiger partial charge in [0.1, 0.15) is 0 Å². The number of amides is 1. The Morgan fingerprint density at radius 3 is 2.74 bits per heavy atom. The van der Waals surface area contributed by atoms with Crippen molar-refractivity contribution >= 4 is 22.8 Å². The fraction of sp³-hybridized carbons (Fsp3) is 0.182. The molecule has 19 heavy (non-hydrogen) atoms. The molecule has 6 N–H and O–H groups in total. The molecule has 0 saturated carbocycles. The fourth-order valence-corrected chi connectivity index (χ4v) is 1.85. The lowest BCUT2D eigenvalue weighted by atomic mass is 10.1. The van der Waals surface area contributed by atoms with E-state index in [1.54, 1.807) is 6.07 Å². The van der Waals surface area contributed by atoms with Crippen LogP contribution in [-0.2, 0) is 6.54 Å². The maximum absolute atomic E-state index is 12.2. The van der Waals surface area contributed by atoms with E-state index in [1.807, 2.05) is 12.3 Å². The number of hydrazine groups is 2. The number of aromatic nitrogens is 2. The van der Waals surface area contributed by atoms with Gasteiger partial charge in [-0.15, -0.1) is 0 Å². The highest BCUT2D eigenvalue weighted by Gasteiger charge is 2.11. The third-order valence-corrected chi connectivity index (χ3v) is 2.79. The highest BCUT2D eigenvalue weighted by atomic mass is 16.2. The molecule has 0 radical (unpaired) electrons. The Hall–Kier alpha value is -2.45. The summed E-state index contributed by atoms with van der Waals surface area (Å²) in [5, 5.41) is 0.412. The van der Waals surface area contributed by atoms with E-state index in [2.05, 4.69) is 10.4 Å². The van der Waals surface area contributed by atoms with Gasteiger partial charge in [0.15, 0.2) is 0 Å². The van der Waals surface area contributed by atoms with E-state index in [1.165, 1.54) is 16.7 Å². The predicted molar refractivity (Wildman–Crippen MR) is 71.1 cm³/mol. The van der Waals surface area contributed by atoms with Crippen molar-refractivity contribution in [3.63, 3.8) is 0 Å². The molecule has 0 aliphatic rings.